The number of amides is 1. The molecular weight excluding hydrogens is 392 g/mol. The Bertz CT molecular complexity index is 957. The van der Waals surface area contributed by atoms with E-state index < -0.39 is 0 Å². The van der Waals surface area contributed by atoms with Gasteiger partial charge in [0.2, 0.25) is 5.91 Å². The van der Waals surface area contributed by atoms with E-state index in [1.165, 1.54) is 11.8 Å². The number of nitrogens with zero attached hydrogens (tertiary/aromatic N) is 3. The second kappa shape index (κ2) is 9.75. The molecule has 0 aliphatic heterocycles. The molecule has 0 atom stereocenters. The van der Waals surface area contributed by atoms with Crippen LogP contribution in [0.2, 0.25) is 5.02 Å². The number of thioether (sulfide) groups is 1. The summed E-state index contributed by atoms with van der Waals surface area (Å²) in [6, 6.07) is 15.8. The molecule has 1 aromatic heterocycles. The number of aromatic nitrogens is 3. The maximum absolute atomic E-state index is 12.2. The first-order chi connectivity index (χ1) is 13.6. The minimum atomic E-state index is -0.0184. The van der Waals surface area contributed by atoms with Gasteiger partial charge >= 0.3 is 0 Å². The van der Waals surface area contributed by atoms with Crippen LogP contribution in [-0.2, 0) is 17.8 Å². The quantitative estimate of drug-likeness (QED) is 0.556. The van der Waals surface area contributed by atoms with Crippen LogP contribution in [0.25, 0.3) is 11.4 Å². The Morgan fingerprint density at radius 2 is 2.00 bits per heavy atom. The molecule has 1 amide bonds. The number of carbonyl (C=O) groups is 1. The Morgan fingerprint density at radius 3 is 2.75 bits per heavy atom. The zero-order chi connectivity index (χ0) is 19.9. The topological polar surface area (TPSA) is 59.8 Å². The Labute approximate surface area is 174 Å². The molecule has 2 aromatic carbocycles. The molecule has 1 heterocycles. The Balaban J connectivity index is 1.56. The largest absolute Gasteiger partial charge is 0.355 e. The second-order valence-electron chi connectivity index (χ2n) is 6.38. The van der Waals surface area contributed by atoms with Crippen LogP contribution in [0.4, 0.5) is 0 Å². The SMILES string of the molecule is CCn1c(SCC(=O)NCCc2cccc(Cl)c2)nnc1-c1ccccc1C. The highest BCUT2D eigenvalue weighted by atomic mass is 35.5. The van der Waals surface area contributed by atoms with Gasteiger partial charge in [-0.1, -0.05) is 59.8 Å². The van der Waals surface area contributed by atoms with Crippen molar-refractivity contribution < 1.29 is 4.79 Å². The van der Waals surface area contributed by atoms with Crippen molar-refractivity contribution in [2.24, 2.45) is 0 Å². The van der Waals surface area contributed by atoms with Gasteiger partial charge in [0.1, 0.15) is 0 Å². The highest BCUT2D eigenvalue weighted by molar-refractivity contribution is 7.99. The summed E-state index contributed by atoms with van der Waals surface area (Å²) in [5.74, 6) is 1.13. The minimum absolute atomic E-state index is 0.0184. The number of hydrogen-bond donors (Lipinski definition) is 1. The number of carbonyl (C=O) groups excluding carboxylic acids is 1. The molecule has 5 nitrogen and oxygen atoms in total. The van der Waals surface area contributed by atoms with Gasteiger partial charge < -0.3 is 9.88 Å². The van der Waals surface area contributed by atoms with Gasteiger partial charge in [-0.05, 0) is 43.5 Å². The van der Waals surface area contributed by atoms with Crippen molar-refractivity contribution in [3.8, 4) is 11.4 Å². The third-order valence-electron chi connectivity index (χ3n) is 4.38. The molecule has 0 fully saturated rings. The van der Waals surface area contributed by atoms with Gasteiger partial charge in [0.25, 0.3) is 0 Å². The van der Waals surface area contributed by atoms with E-state index >= 15 is 0 Å². The first-order valence-electron chi connectivity index (χ1n) is 9.21. The molecule has 0 saturated heterocycles. The average Bonchev–Trinajstić information content (AvgIpc) is 3.09. The third-order valence-corrected chi connectivity index (χ3v) is 5.58. The van der Waals surface area contributed by atoms with Crippen LogP contribution < -0.4 is 5.32 Å². The molecule has 3 rings (SSSR count). The molecule has 0 aliphatic carbocycles. The van der Waals surface area contributed by atoms with Gasteiger partial charge in [-0.3, -0.25) is 4.79 Å². The molecule has 7 heteroatoms. The lowest BCUT2D eigenvalue weighted by molar-refractivity contribution is -0.118. The maximum atomic E-state index is 12.2. The first-order valence-corrected chi connectivity index (χ1v) is 10.6. The lowest BCUT2D eigenvalue weighted by Crippen LogP contribution is -2.27. The van der Waals surface area contributed by atoms with Crippen LogP contribution in [0, 0.1) is 6.92 Å². The summed E-state index contributed by atoms with van der Waals surface area (Å²) >= 11 is 7.39. The smallest absolute Gasteiger partial charge is 0.230 e. The number of benzene rings is 2. The summed E-state index contributed by atoms with van der Waals surface area (Å²) in [4.78, 5) is 12.2. The summed E-state index contributed by atoms with van der Waals surface area (Å²) in [7, 11) is 0. The van der Waals surface area contributed by atoms with Crippen molar-refractivity contribution in [2.45, 2.75) is 32.0 Å². The Kier molecular flexibility index (Phi) is 7.12. The number of hydrogen-bond acceptors (Lipinski definition) is 4. The molecule has 0 saturated carbocycles. The van der Waals surface area contributed by atoms with E-state index in [2.05, 4.69) is 35.4 Å². The lowest BCUT2D eigenvalue weighted by Gasteiger charge is -2.09. The van der Waals surface area contributed by atoms with Crippen LogP contribution in [0.3, 0.4) is 0 Å². The van der Waals surface area contributed by atoms with E-state index in [0.29, 0.717) is 17.3 Å². The fraction of sp³-hybridized carbons (Fsp3) is 0.286. The van der Waals surface area contributed by atoms with E-state index in [-0.39, 0.29) is 5.91 Å². The van der Waals surface area contributed by atoms with Gasteiger partial charge in [0, 0.05) is 23.7 Å². The molecule has 1 N–H and O–H groups in total. The zero-order valence-electron chi connectivity index (χ0n) is 16.0. The highest BCUT2D eigenvalue weighted by Gasteiger charge is 2.15. The fourth-order valence-corrected chi connectivity index (χ4v) is 3.97. The molecule has 0 unspecified atom stereocenters. The van der Waals surface area contributed by atoms with Crippen molar-refractivity contribution in [3.05, 3.63) is 64.7 Å². The van der Waals surface area contributed by atoms with Crippen LogP contribution >= 0.6 is 23.4 Å². The predicted octanol–water partition coefficient (Wildman–Crippen LogP) is 4.38. The highest BCUT2D eigenvalue weighted by Crippen LogP contribution is 2.26. The molecule has 3 aromatic rings. The minimum Gasteiger partial charge on any atom is -0.355 e. The van der Waals surface area contributed by atoms with E-state index in [1.54, 1.807) is 0 Å². The number of halogens is 1. The molecule has 0 spiro atoms. The van der Waals surface area contributed by atoms with Crippen LogP contribution in [0.5, 0.6) is 0 Å². The van der Waals surface area contributed by atoms with E-state index in [9.17, 15) is 4.79 Å². The number of nitrogens with one attached hydrogen (secondary N) is 1. The Morgan fingerprint density at radius 1 is 1.18 bits per heavy atom. The standard InChI is InChI=1S/C21H23ClN4OS/c1-3-26-20(18-10-5-4-7-15(18)2)24-25-21(26)28-14-19(27)23-12-11-16-8-6-9-17(22)13-16/h4-10,13H,3,11-12,14H2,1-2H3,(H,23,27). The average molecular weight is 415 g/mol. The number of rotatable bonds is 8. The molecule has 28 heavy (non-hydrogen) atoms. The van der Waals surface area contributed by atoms with Crippen molar-refractivity contribution in [3.63, 3.8) is 0 Å². The van der Waals surface area contributed by atoms with Gasteiger partial charge in [0.15, 0.2) is 11.0 Å². The van der Waals surface area contributed by atoms with Gasteiger partial charge in [-0.25, -0.2) is 0 Å². The van der Waals surface area contributed by atoms with Crippen LogP contribution in [-0.4, -0.2) is 33.0 Å². The first kappa shape index (κ1) is 20.4. The zero-order valence-corrected chi connectivity index (χ0v) is 17.6. The van der Waals surface area contributed by atoms with E-state index in [4.69, 9.17) is 11.6 Å². The van der Waals surface area contributed by atoms with Crippen molar-refractivity contribution >= 4 is 29.3 Å². The maximum Gasteiger partial charge on any atom is 0.230 e. The fourth-order valence-electron chi connectivity index (χ4n) is 2.92. The summed E-state index contributed by atoms with van der Waals surface area (Å²) in [6.45, 7) is 5.44. The second-order valence-corrected chi connectivity index (χ2v) is 7.76. The lowest BCUT2D eigenvalue weighted by atomic mass is 10.1. The summed E-state index contributed by atoms with van der Waals surface area (Å²) in [5, 5.41) is 13.1. The van der Waals surface area contributed by atoms with Gasteiger partial charge in [-0.2, -0.15) is 0 Å². The molecular formula is C21H23ClN4OS. The molecule has 146 valence electrons. The molecule has 0 radical (unpaired) electrons. The normalized spacial score (nSPS) is 10.8. The predicted molar refractivity (Wildman–Crippen MR) is 115 cm³/mol. The molecule has 0 bridgehead atoms. The van der Waals surface area contributed by atoms with Crippen LogP contribution in [0.15, 0.2) is 53.7 Å². The van der Waals surface area contributed by atoms with E-state index in [0.717, 1.165) is 40.6 Å². The van der Waals surface area contributed by atoms with Crippen LogP contribution in [0.1, 0.15) is 18.1 Å². The summed E-state index contributed by atoms with van der Waals surface area (Å²) in [5.41, 5.74) is 3.32. The number of aryl methyl sites for hydroxylation is 1. The van der Waals surface area contributed by atoms with Crippen molar-refractivity contribution in [2.75, 3.05) is 12.3 Å². The summed E-state index contributed by atoms with van der Waals surface area (Å²) in [6.07, 6.45) is 0.750. The van der Waals surface area contributed by atoms with Gasteiger partial charge in [-0.15, -0.1) is 10.2 Å². The molecule has 0 aliphatic rings. The third kappa shape index (κ3) is 5.14. The van der Waals surface area contributed by atoms with Crippen molar-refractivity contribution in [1.29, 1.82) is 0 Å². The van der Waals surface area contributed by atoms with Crippen molar-refractivity contribution in [1.82, 2.24) is 20.1 Å². The van der Waals surface area contributed by atoms with E-state index in [1.807, 2.05) is 47.0 Å². The Hall–Kier alpha value is -2.31. The monoisotopic (exact) mass is 414 g/mol. The summed E-state index contributed by atoms with van der Waals surface area (Å²) < 4.78 is 2.05. The van der Waals surface area contributed by atoms with Gasteiger partial charge in [0.05, 0.1) is 5.75 Å².